The lowest BCUT2D eigenvalue weighted by Gasteiger charge is -2.28. The highest BCUT2D eigenvalue weighted by Gasteiger charge is 2.35. The van der Waals surface area contributed by atoms with Crippen molar-refractivity contribution in [3.8, 4) is 50.3 Å². The molecule has 0 fully saturated rings. The minimum atomic E-state index is -0.00991. The van der Waals surface area contributed by atoms with Crippen LogP contribution in [-0.4, -0.2) is 4.57 Å². The van der Waals surface area contributed by atoms with Crippen LogP contribution in [0.5, 0.6) is 0 Å². The van der Waals surface area contributed by atoms with Gasteiger partial charge in [-0.25, -0.2) is 0 Å². The maximum Gasteiger partial charge on any atom is 0.0619 e. The standard InChI is InChI=1S/C34H25N.C27H22BrN/c1-2-25-19-12-20-31-32(28-15-8-4-9-16-28)34(29-17-10-5-11-18-29)35(33(25)31)30-23-21-27(22-24-30)26-13-6-3-7-14-26;1-27(2)25-11-7-6-10-23(25)24-17-16-22(18-26(24)27)29(20-8-4-3-5-9-20)21-14-12-19(28)13-15-21/h2-24H,1H2;3-18H,1-2H3. The van der Waals surface area contributed by atoms with Gasteiger partial charge in [0.25, 0.3) is 0 Å². The van der Waals surface area contributed by atoms with Gasteiger partial charge in [-0.2, -0.15) is 0 Å². The van der Waals surface area contributed by atoms with Crippen molar-refractivity contribution in [1.82, 2.24) is 4.57 Å². The monoisotopic (exact) mass is 886 g/mol. The van der Waals surface area contributed by atoms with Crippen molar-refractivity contribution >= 4 is 50.0 Å². The lowest BCUT2D eigenvalue weighted by molar-refractivity contribution is 0.660. The van der Waals surface area contributed by atoms with Crippen molar-refractivity contribution in [2.45, 2.75) is 19.3 Å². The molecule has 0 unspecified atom stereocenters. The highest BCUT2D eigenvalue weighted by molar-refractivity contribution is 9.10. The van der Waals surface area contributed by atoms with Crippen LogP contribution in [-0.2, 0) is 5.41 Å². The molecule has 0 spiro atoms. The van der Waals surface area contributed by atoms with Crippen LogP contribution in [0.25, 0.3) is 67.3 Å². The van der Waals surface area contributed by atoms with Gasteiger partial charge in [0.1, 0.15) is 0 Å². The summed E-state index contributed by atoms with van der Waals surface area (Å²) in [6.45, 7) is 8.80. The van der Waals surface area contributed by atoms with E-state index in [1.54, 1.807) is 0 Å². The fourth-order valence-electron chi connectivity index (χ4n) is 9.43. The molecule has 0 radical (unpaired) electrons. The van der Waals surface area contributed by atoms with Gasteiger partial charge in [0.15, 0.2) is 0 Å². The summed E-state index contributed by atoms with van der Waals surface area (Å²) in [5.41, 5.74) is 19.6. The molecule has 3 heteroatoms. The summed E-state index contributed by atoms with van der Waals surface area (Å²) in [6.07, 6.45) is 1.96. The minimum Gasteiger partial charge on any atom is -0.310 e. The van der Waals surface area contributed by atoms with E-state index in [1.807, 2.05) is 6.08 Å². The maximum atomic E-state index is 4.14. The summed E-state index contributed by atoms with van der Waals surface area (Å²) in [5, 5.41) is 1.22. The minimum absolute atomic E-state index is 0.00991. The van der Waals surface area contributed by atoms with Gasteiger partial charge in [-0.15, -0.1) is 0 Å². The van der Waals surface area contributed by atoms with E-state index in [0.29, 0.717) is 0 Å². The second-order valence-corrected chi connectivity index (χ2v) is 17.6. The summed E-state index contributed by atoms with van der Waals surface area (Å²) in [6, 6.07) is 82.0. The molecule has 1 aliphatic carbocycles. The average Bonchev–Trinajstić information content (AvgIpc) is 3.82. The Bertz CT molecular complexity index is 3220. The zero-order valence-corrected chi connectivity index (χ0v) is 37.6. The van der Waals surface area contributed by atoms with Gasteiger partial charge in [0.05, 0.1) is 11.2 Å². The second kappa shape index (κ2) is 17.4. The number of anilines is 3. The fourth-order valence-corrected chi connectivity index (χ4v) is 9.70. The van der Waals surface area contributed by atoms with Crippen molar-refractivity contribution in [2.75, 3.05) is 4.90 Å². The third kappa shape index (κ3) is 7.48. The molecule has 9 aromatic carbocycles. The number of para-hydroxylation sites is 2. The summed E-state index contributed by atoms with van der Waals surface area (Å²) < 4.78 is 3.48. The first kappa shape index (κ1) is 40.6. The lowest BCUT2D eigenvalue weighted by Crippen LogP contribution is -2.16. The Morgan fingerprint density at radius 2 is 1.00 bits per heavy atom. The molecule has 0 bridgehead atoms. The van der Waals surface area contributed by atoms with E-state index < -0.39 is 0 Å². The Hall–Kier alpha value is -7.46. The number of hydrogen-bond donors (Lipinski definition) is 0. The maximum absolute atomic E-state index is 4.14. The molecule has 308 valence electrons. The van der Waals surface area contributed by atoms with Gasteiger partial charge in [0, 0.05) is 43.6 Å². The number of rotatable bonds is 8. The van der Waals surface area contributed by atoms with Crippen molar-refractivity contribution in [1.29, 1.82) is 0 Å². The quantitative estimate of drug-likeness (QED) is 0.148. The molecule has 0 saturated carbocycles. The van der Waals surface area contributed by atoms with Gasteiger partial charge in [-0.1, -0.05) is 212 Å². The number of hydrogen-bond acceptors (Lipinski definition) is 1. The highest BCUT2D eigenvalue weighted by Crippen LogP contribution is 2.51. The smallest absolute Gasteiger partial charge is 0.0619 e. The summed E-state index contributed by atoms with van der Waals surface area (Å²) in [4.78, 5) is 2.33. The van der Waals surface area contributed by atoms with Crippen molar-refractivity contribution < 1.29 is 0 Å². The molecular weight excluding hydrogens is 841 g/mol. The molecule has 0 atom stereocenters. The first-order valence-electron chi connectivity index (χ1n) is 21.8. The molecule has 0 N–H and O–H groups in total. The first-order chi connectivity index (χ1) is 31.4. The van der Waals surface area contributed by atoms with Crippen molar-refractivity contribution in [2.24, 2.45) is 0 Å². The van der Waals surface area contributed by atoms with Crippen molar-refractivity contribution in [3.63, 3.8) is 0 Å². The first-order valence-corrected chi connectivity index (χ1v) is 22.6. The molecule has 2 nitrogen and oxygen atoms in total. The zero-order valence-electron chi connectivity index (χ0n) is 36.0. The number of aromatic nitrogens is 1. The van der Waals surface area contributed by atoms with E-state index in [9.17, 15) is 0 Å². The topological polar surface area (TPSA) is 8.17 Å². The number of halogens is 1. The molecule has 1 aromatic heterocycles. The van der Waals surface area contributed by atoms with Crippen LogP contribution in [0.2, 0.25) is 0 Å². The second-order valence-electron chi connectivity index (χ2n) is 16.7. The molecule has 0 saturated heterocycles. The molecule has 0 aliphatic heterocycles. The van der Waals surface area contributed by atoms with Crippen LogP contribution < -0.4 is 4.90 Å². The van der Waals surface area contributed by atoms with E-state index in [-0.39, 0.29) is 5.41 Å². The largest absolute Gasteiger partial charge is 0.310 e. The van der Waals surface area contributed by atoms with Crippen LogP contribution in [0.4, 0.5) is 17.1 Å². The molecule has 1 aliphatic rings. The van der Waals surface area contributed by atoms with Gasteiger partial charge in [0.2, 0.25) is 0 Å². The normalized spacial score (nSPS) is 12.2. The zero-order chi connectivity index (χ0) is 43.6. The highest BCUT2D eigenvalue weighted by atomic mass is 79.9. The average molecular weight is 888 g/mol. The van der Waals surface area contributed by atoms with Gasteiger partial charge in [-0.3, -0.25) is 0 Å². The lowest BCUT2D eigenvalue weighted by atomic mass is 9.82. The number of benzene rings is 9. The Balaban J connectivity index is 0.000000154. The molecule has 10 aromatic rings. The molecular formula is C61H47BrN2. The van der Waals surface area contributed by atoms with Crippen LogP contribution in [0.3, 0.4) is 0 Å². The van der Waals surface area contributed by atoms with Crippen LogP contribution >= 0.6 is 15.9 Å². The van der Waals surface area contributed by atoms with E-state index in [2.05, 4.69) is 276 Å². The predicted octanol–water partition coefficient (Wildman–Crippen LogP) is 17.5. The Morgan fingerprint density at radius 1 is 0.469 bits per heavy atom. The molecule has 11 rings (SSSR count). The Kier molecular flexibility index (Phi) is 11.0. The van der Waals surface area contributed by atoms with Crippen LogP contribution in [0.15, 0.2) is 242 Å². The molecule has 0 amide bonds. The van der Waals surface area contributed by atoms with E-state index >= 15 is 0 Å². The molecule has 64 heavy (non-hydrogen) atoms. The fraction of sp³-hybridized carbons (Fsp3) is 0.0492. The van der Waals surface area contributed by atoms with Crippen molar-refractivity contribution in [3.05, 3.63) is 258 Å². The Morgan fingerprint density at radius 3 is 1.66 bits per heavy atom. The summed E-state index contributed by atoms with van der Waals surface area (Å²) in [5.74, 6) is 0. The SMILES string of the molecule is C=Cc1cccc2c(-c3ccccc3)c(-c3ccccc3)n(-c3ccc(-c4ccccc4)cc3)c12.CC1(C)c2ccccc2-c2ccc(N(c3ccccc3)c3ccc(Br)cc3)cc21. The van der Waals surface area contributed by atoms with Crippen LogP contribution in [0.1, 0.15) is 30.5 Å². The van der Waals surface area contributed by atoms with E-state index in [0.717, 1.165) is 27.1 Å². The summed E-state index contributed by atoms with van der Waals surface area (Å²) in [7, 11) is 0. The van der Waals surface area contributed by atoms with E-state index in [4.69, 9.17) is 0 Å². The number of nitrogens with zero attached hydrogens (tertiary/aromatic N) is 2. The van der Waals surface area contributed by atoms with E-state index in [1.165, 1.54) is 72.4 Å². The predicted molar refractivity (Wildman–Crippen MR) is 276 cm³/mol. The summed E-state index contributed by atoms with van der Waals surface area (Å²) >= 11 is 3.56. The molecule has 1 heterocycles. The van der Waals surface area contributed by atoms with Gasteiger partial charge < -0.3 is 9.47 Å². The third-order valence-electron chi connectivity index (χ3n) is 12.5. The number of fused-ring (bicyclic) bond motifs is 4. The third-order valence-corrected chi connectivity index (χ3v) is 13.0. The van der Waals surface area contributed by atoms with Gasteiger partial charge >= 0.3 is 0 Å². The van der Waals surface area contributed by atoms with Gasteiger partial charge in [-0.05, 0) is 111 Å². The Labute approximate surface area is 385 Å². The van der Waals surface area contributed by atoms with Crippen LogP contribution in [0, 0.1) is 0 Å².